The number of ether oxygens (including phenoxy) is 1. The van der Waals surface area contributed by atoms with Crippen LogP contribution < -0.4 is 10.1 Å². The second-order valence-electron chi connectivity index (χ2n) is 6.38. The third-order valence-corrected chi connectivity index (χ3v) is 5.01. The van der Waals surface area contributed by atoms with Crippen LogP contribution >= 0.6 is 11.8 Å². The van der Waals surface area contributed by atoms with E-state index in [2.05, 4.69) is 15.5 Å². The highest BCUT2D eigenvalue weighted by molar-refractivity contribution is 7.98. The molecule has 0 spiro atoms. The van der Waals surface area contributed by atoms with Crippen LogP contribution in [-0.4, -0.2) is 28.9 Å². The number of hydrogen-bond acceptors (Lipinski definition) is 6. The lowest BCUT2D eigenvalue weighted by Crippen LogP contribution is -2.20. The van der Waals surface area contributed by atoms with Gasteiger partial charge in [-0.2, -0.15) is 4.98 Å². The maximum absolute atomic E-state index is 12.1. The van der Waals surface area contributed by atoms with Crippen LogP contribution in [0.15, 0.2) is 88.3 Å². The number of amides is 1. The molecule has 0 fully saturated rings. The Labute approximate surface area is 178 Å². The molecular formula is C23H19N3O3S. The summed E-state index contributed by atoms with van der Waals surface area (Å²) in [5.41, 5.74) is 2.41. The summed E-state index contributed by atoms with van der Waals surface area (Å²) in [4.78, 5) is 17.7. The predicted molar refractivity (Wildman–Crippen MR) is 118 cm³/mol. The number of hydrogen-bond donors (Lipinski definition) is 1. The number of thioether (sulfide) groups is 1. The molecule has 150 valence electrons. The van der Waals surface area contributed by atoms with E-state index in [1.54, 1.807) is 23.9 Å². The van der Waals surface area contributed by atoms with Crippen LogP contribution in [0.2, 0.25) is 0 Å². The highest BCUT2D eigenvalue weighted by Gasteiger charge is 2.11. The average molecular weight is 417 g/mol. The lowest BCUT2D eigenvalue weighted by molar-refractivity contribution is -0.118. The molecule has 0 aliphatic rings. The molecule has 0 saturated heterocycles. The van der Waals surface area contributed by atoms with E-state index in [0.717, 1.165) is 21.7 Å². The summed E-state index contributed by atoms with van der Waals surface area (Å²) >= 11 is 1.62. The molecule has 1 N–H and O–H groups in total. The topological polar surface area (TPSA) is 77.2 Å². The molecule has 1 amide bonds. The fourth-order valence-electron chi connectivity index (χ4n) is 2.79. The van der Waals surface area contributed by atoms with Crippen molar-refractivity contribution in [2.75, 3.05) is 18.2 Å². The Hall–Kier alpha value is -3.58. The molecule has 0 aliphatic heterocycles. The van der Waals surface area contributed by atoms with Gasteiger partial charge in [0.15, 0.2) is 6.61 Å². The Morgan fingerprint density at radius 3 is 2.57 bits per heavy atom. The van der Waals surface area contributed by atoms with Crippen LogP contribution in [0, 0.1) is 0 Å². The summed E-state index contributed by atoms with van der Waals surface area (Å²) in [5, 5.41) is 6.86. The number of nitrogens with one attached hydrogen (secondary N) is 1. The molecular weight excluding hydrogens is 398 g/mol. The number of rotatable bonds is 7. The molecule has 1 aromatic heterocycles. The molecule has 0 unspecified atom stereocenters. The summed E-state index contributed by atoms with van der Waals surface area (Å²) in [6.07, 6.45) is 1.99. The first-order valence-electron chi connectivity index (χ1n) is 9.27. The van der Waals surface area contributed by atoms with Crippen LogP contribution in [0.3, 0.4) is 0 Å². The monoisotopic (exact) mass is 417 g/mol. The van der Waals surface area contributed by atoms with Gasteiger partial charge in [-0.25, -0.2) is 0 Å². The van der Waals surface area contributed by atoms with Gasteiger partial charge in [-0.05, 0) is 48.7 Å². The highest BCUT2D eigenvalue weighted by Crippen LogP contribution is 2.24. The van der Waals surface area contributed by atoms with Crippen LogP contribution in [0.4, 0.5) is 5.69 Å². The quantitative estimate of drug-likeness (QED) is 0.420. The van der Waals surface area contributed by atoms with E-state index in [0.29, 0.717) is 17.5 Å². The third kappa shape index (κ3) is 4.87. The zero-order chi connectivity index (χ0) is 20.8. The van der Waals surface area contributed by atoms with Gasteiger partial charge in [0.25, 0.3) is 11.8 Å². The standard InChI is InChI=1S/C23H19N3O3S/c1-30-20-9-5-8-18(14-20)24-21(27)15-28-19-12-10-17(11-13-19)23-25-22(26-29-23)16-6-3-2-4-7-16/h2-14H,15H2,1H3,(H,24,27). The summed E-state index contributed by atoms with van der Waals surface area (Å²) in [6.45, 7) is -0.0818. The fourth-order valence-corrected chi connectivity index (χ4v) is 3.25. The Balaban J connectivity index is 1.35. The second kappa shape index (κ2) is 9.28. The zero-order valence-electron chi connectivity index (χ0n) is 16.2. The Morgan fingerprint density at radius 2 is 1.80 bits per heavy atom. The second-order valence-corrected chi connectivity index (χ2v) is 7.26. The highest BCUT2D eigenvalue weighted by atomic mass is 32.2. The van der Waals surface area contributed by atoms with Gasteiger partial charge < -0.3 is 14.6 Å². The van der Waals surface area contributed by atoms with Crippen molar-refractivity contribution < 1.29 is 14.1 Å². The minimum Gasteiger partial charge on any atom is -0.484 e. The van der Waals surface area contributed by atoms with Crippen molar-refractivity contribution in [2.24, 2.45) is 0 Å². The molecule has 0 bridgehead atoms. The van der Waals surface area contributed by atoms with E-state index >= 15 is 0 Å². The van der Waals surface area contributed by atoms with Crippen molar-refractivity contribution in [1.82, 2.24) is 10.1 Å². The first-order valence-corrected chi connectivity index (χ1v) is 10.5. The van der Waals surface area contributed by atoms with Gasteiger partial charge in [-0.1, -0.05) is 41.6 Å². The van der Waals surface area contributed by atoms with Gasteiger partial charge in [0, 0.05) is 21.7 Å². The summed E-state index contributed by atoms with van der Waals surface area (Å²) in [7, 11) is 0. The van der Waals surface area contributed by atoms with Crippen LogP contribution in [0.1, 0.15) is 0 Å². The molecule has 7 heteroatoms. The van der Waals surface area contributed by atoms with Crippen molar-refractivity contribution >= 4 is 23.4 Å². The van der Waals surface area contributed by atoms with Crippen molar-refractivity contribution in [2.45, 2.75) is 4.90 Å². The van der Waals surface area contributed by atoms with E-state index in [9.17, 15) is 4.79 Å². The van der Waals surface area contributed by atoms with Gasteiger partial charge in [0.2, 0.25) is 5.82 Å². The molecule has 3 aromatic carbocycles. The largest absolute Gasteiger partial charge is 0.484 e. The predicted octanol–water partition coefficient (Wildman–Crippen LogP) is 5.14. The van der Waals surface area contributed by atoms with Crippen molar-refractivity contribution in [3.8, 4) is 28.6 Å². The SMILES string of the molecule is CSc1cccc(NC(=O)COc2ccc(-c3nc(-c4ccccc4)no3)cc2)c1. The van der Waals surface area contributed by atoms with Gasteiger partial charge in [0.1, 0.15) is 5.75 Å². The molecule has 30 heavy (non-hydrogen) atoms. The minimum atomic E-state index is -0.221. The molecule has 4 rings (SSSR count). The molecule has 6 nitrogen and oxygen atoms in total. The number of aromatic nitrogens is 2. The number of anilines is 1. The molecule has 4 aromatic rings. The summed E-state index contributed by atoms with van der Waals surface area (Å²) in [6, 6.07) is 24.5. The van der Waals surface area contributed by atoms with Gasteiger partial charge in [-0.15, -0.1) is 11.8 Å². The molecule has 0 atom stereocenters. The smallest absolute Gasteiger partial charge is 0.262 e. The molecule has 0 saturated carbocycles. The van der Waals surface area contributed by atoms with Gasteiger partial charge >= 0.3 is 0 Å². The van der Waals surface area contributed by atoms with E-state index < -0.39 is 0 Å². The van der Waals surface area contributed by atoms with Crippen molar-refractivity contribution in [1.29, 1.82) is 0 Å². The molecule has 0 aliphatic carbocycles. The van der Waals surface area contributed by atoms with Gasteiger partial charge in [0.05, 0.1) is 0 Å². The van der Waals surface area contributed by atoms with Crippen molar-refractivity contribution in [3.63, 3.8) is 0 Å². The Bertz CT molecular complexity index is 1130. The summed E-state index contributed by atoms with van der Waals surface area (Å²) in [5.74, 6) is 1.32. The normalized spacial score (nSPS) is 10.6. The fraction of sp³-hybridized carbons (Fsp3) is 0.0870. The maximum Gasteiger partial charge on any atom is 0.262 e. The van der Waals surface area contributed by atoms with E-state index in [1.165, 1.54) is 0 Å². The number of carbonyl (C=O) groups excluding carboxylic acids is 1. The molecule has 0 radical (unpaired) electrons. The Kier molecular flexibility index (Phi) is 6.10. The molecule has 1 heterocycles. The lowest BCUT2D eigenvalue weighted by Gasteiger charge is -2.08. The number of nitrogens with zero attached hydrogens (tertiary/aromatic N) is 2. The average Bonchev–Trinajstić information content (AvgIpc) is 3.29. The minimum absolute atomic E-state index is 0.0818. The first-order chi connectivity index (χ1) is 14.7. The van der Waals surface area contributed by atoms with E-state index in [4.69, 9.17) is 9.26 Å². The van der Waals surface area contributed by atoms with Crippen LogP contribution in [0.5, 0.6) is 5.75 Å². The maximum atomic E-state index is 12.1. The van der Waals surface area contributed by atoms with E-state index in [1.807, 2.05) is 73.0 Å². The zero-order valence-corrected chi connectivity index (χ0v) is 17.1. The van der Waals surface area contributed by atoms with Crippen LogP contribution in [-0.2, 0) is 4.79 Å². The number of carbonyl (C=O) groups is 1. The third-order valence-electron chi connectivity index (χ3n) is 4.28. The summed E-state index contributed by atoms with van der Waals surface area (Å²) < 4.78 is 10.9. The van der Waals surface area contributed by atoms with Crippen LogP contribution in [0.25, 0.3) is 22.8 Å². The van der Waals surface area contributed by atoms with Crippen molar-refractivity contribution in [3.05, 3.63) is 78.9 Å². The lowest BCUT2D eigenvalue weighted by atomic mass is 10.2. The Morgan fingerprint density at radius 1 is 1.00 bits per heavy atom. The van der Waals surface area contributed by atoms with E-state index in [-0.39, 0.29) is 12.5 Å². The number of benzene rings is 3. The van der Waals surface area contributed by atoms with Gasteiger partial charge in [-0.3, -0.25) is 4.79 Å². The first kappa shape index (κ1) is 19.7.